The van der Waals surface area contributed by atoms with Crippen molar-refractivity contribution in [3.05, 3.63) is 59.3 Å². The molecule has 0 amide bonds. The number of ether oxygens (including phenoxy) is 4. The van der Waals surface area contributed by atoms with Gasteiger partial charge < -0.3 is 23.5 Å². The summed E-state index contributed by atoms with van der Waals surface area (Å²) in [7, 11) is 3.14. The molecule has 0 fully saturated rings. The molecule has 4 rings (SSSR count). The van der Waals surface area contributed by atoms with Crippen LogP contribution in [0.5, 0.6) is 23.1 Å². The second-order valence-electron chi connectivity index (χ2n) is 6.00. The van der Waals surface area contributed by atoms with E-state index >= 15 is 0 Å². The Balaban J connectivity index is 1.65. The van der Waals surface area contributed by atoms with Gasteiger partial charge in [0.1, 0.15) is 6.61 Å². The fraction of sp³-hybridized carbons (Fsp3) is 0.263. The first-order valence-corrected chi connectivity index (χ1v) is 8.72. The van der Waals surface area contributed by atoms with Crippen LogP contribution in [-0.2, 0) is 6.54 Å². The van der Waals surface area contributed by atoms with Crippen molar-refractivity contribution in [2.24, 2.45) is 0 Å². The van der Waals surface area contributed by atoms with Crippen LogP contribution in [0.4, 0.5) is 0 Å². The summed E-state index contributed by atoms with van der Waals surface area (Å²) >= 11 is 6.57. The summed E-state index contributed by atoms with van der Waals surface area (Å²) in [5, 5.41) is 0.488. The SMILES string of the molecule is COc1ccc(C2COc3cc(Cn4ccnc4)c(Cl)c(OC)c3O2)cn1. The molecule has 2 aromatic heterocycles. The van der Waals surface area contributed by atoms with Crippen molar-refractivity contribution >= 4 is 11.6 Å². The maximum Gasteiger partial charge on any atom is 0.212 e. The quantitative estimate of drug-likeness (QED) is 0.667. The van der Waals surface area contributed by atoms with Crippen LogP contribution < -0.4 is 18.9 Å². The van der Waals surface area contributed by atoms with Gasteiger partial charge in [0.2, 0.25) is 11.6 Å². The third kappa shape index (κ3) is 3.38. The number of fused-ring (bicyclic) bond motifs is 1. The van der Waals surface area contributed by atoms with Crippen molar-refractivity contribution < 1.29 is 18.9 Å². The molecule has 1 atom stereocenters. The maximum absolute atomic E-state index is 6.57. The molecule has 0 N–H and O–H groups in total. The maximum atomic E-state index is 6.57. The minimum atomic E-state index is -0.319. The van der Waals surface area contributed by atoms with E-state index in [2.05, 4.69) is 9.97 Å². The van der Waals surface area contributed by atoms with E-state index in [-0.39, 0.29) is 6.10 Å². The van der Waals surface area contributed by atoms with E-state index in [1.54, 1.807) is 39.0 Å². The zero-order valence-electron chi connectivity index (χ0n) is 14.9. The molecule has 1 aliphatic rings. The Morgan fingerprint density at radius 2 is 2.19 bits per heavy atom. The fourth-order valence-corrected chi connectivity index (χ4v) is 3.22. The minimum absolute atomic E-state index is 0.319. The van der Waals surface area contributed by atoms with Crippen molar-refractivity contribution in [1.82, 2.24) is 14.5 Å². The second kappa shape index (κ2) is 7.36. The van der Waals surface area contributed by atoms with Crippen LogP contribution in [0.15, 0.2) is 43.1 Å². The molecule has 140 valence electrons. The molecule has 3 heterocycles. The number of aromatic nitrogens is 3. The molecule has 1 aromatic carbocycles. The number of pyridine rings is 1. The van der Waals surface area contributed by atoms with Gasteiger partial charge in [-0.15, -0.1) is 0 Å². The molecule has 1 aliphatic heterocycles. The van der Waals surface area contributed by atoms with Crippen molar-refractivity contribution in [2.45, 2.75) is 12.6 Å². The Hall–Kier alpha value is -2.93. The van der Waals surface area contributed by atoms with Gasteiger partial charge in [0.15, 0.2) is 17.6 Å². The highest BCUT2D eigenvalue weighted by molar-refractivity contribution is 6.33. The number of halogens is 1. The van der Waals surface area contributed by atoms with E-state index in [0.29, 0.717) is 41.3 Å². The van der Waals surface area contributed by atoms with Crippen molar-refractivity contribution in [3.8, 4) is 23.1 Å². The van der Waals surface area contributed by atoms with Crippen molar-refractivity contribution in [1.29, 1.82) is 0 Å². The smallest absolute Gasteiger partial charge is 0.212 e. The Bertz CT molecular complexity index is 929. The summed E-state index contributed by atoms with van der Waals surface area (Å²) in [6, 6.07) is 5.56. The Morgan fingerprint density at radius 3 is 2.85 bits per heavy atom. The second-order valence-corrected chi connectivity index (χ2v) is 6.37. The van der Waals surface area contributed by atoms with Gasteiger partial charge in [-0.05, 0) is 17.7 Å². The van der Waals surface area contributed by atoms with Crippen LogP contribution in [0.3, 0.4) is 0 Å². The molecule has 0 aliphatic carbocycles. The summed E-state index contributed by atoms with van der Waals surface area (Å²) in [5.41, 5.74) is 1.74. The molecule has 0 saturated carbocycles. The third-order valence-corrected chi connectivity index (χ3v) is 4.74. The molecule has 0 bridgehead atoms. The summed E-state index contributed by atoms with van der Waals surface area (Å²) in [4.78, 5) is 8.27. The predicted molar refractivity (Wildman–Crippen MR) is 99.0 cm³/mol. The lowest BCUT2D eigenvalue weighted by Gasteiger charge is -2.29. The Labute approximate surface area is 161 Å². The number of benzene rings is 1. The summed E-state index contributed by atoms with van der Waals surface area (Å²) in [5.74, 6) is 2.09. The molecule has 0 radical (unpaired) electrons. The van der Waals surface area contributed by atoms with E-state index in [0.717, 1.165) is 11.1 Å². The van der Waals surface area contributed by atoms with Gasteiger partial charge in [-0.3, -0.25) is 0 Å². The number of nitrogens with zero attached hydrogens (tertiary/aromatic N) is 3. The van der Waals surface area contributed by atoms with Gasteiger partial charge >= 0.3 is 0 Å². The monoisotopic (exact) mass is 387 g/mol. The highest BCUT2D eigenvalue weighted by Crippen LogP contribution is 2.48. The molecule has 0 saturated heterocycles. The molecule has 8 heteroatoms. The Kier molecular flexibility index (Phi) is 4.77. The Morgan fingerprint density at radius 1 is 1.30 bits per heavy atom. The lowest BCUT2D eigenvalue weighted by Crippen LogP contribution is -2.22. The number of hydrogen-bond acceptors (Lipinski definition) is 6. The summed E-state index contributed by atoms with van der Waals surface area (Å²) < 4.78 is 24.6. The lowest BCUT2D eigenvalue weighted by molar-refractivity contribution is 0.0867. The zero-order chi connectivity index (χ0) is 18.8. The largest absolute Gasteiger partial charge is 0.491 e. The molecule has 1 unspecified atom stereocenters. The normalized spacial score (nSPS) is 15.4. The molecule has 0 spiro atoms. The first kappa shape index (κ1) is 17.5. The van der Waals surface area contributed by atoms with Crippen LogP contribution in [0, 0.1) is 0 Å². The molecule has 27 heavy (non-hydrogen) atoms. The van der Waals surface area contributed by atoms with E-state index in [1.165, 1.54) is 0 Å². The first-order valence-electron chi connectivity index (χ1n) is 8.34. The highest BCUT2D eigenvalue weighted by atomic mass is 35.5. The third-order valence-electron chi connectivity index (χ3n) is 4.32. The van der Waals surface area contributed by atoms with Crippen molar-refractivity contribution in [3.63, 3.8) is 0 Å². The van der Waals surface area contributed by atoms with E-state index in [1.807, 2.05) is 22.9 Å². The fourth-order valence-electron chi connectivity index (χ4n) is 2.95. The predicted octanol–water partition coefficient (Wildman–Crippen LogP) is 3.51. The van der Waals surface area contributed by atoms with Crippen LogP contribution in [-0.4, -0.2) is 35.4 Å². The molecule has 3 aromatic rings. The first-order chi connectivity index (χ1) is 13.2. The van der Waals surface area contributed by atoms with Gasteiger partial charge in [-0.25, -0.2) is 9.97 Å². The van der Waals surface area contributed by atoms with E-state index < -0.39 is 0 Å². The molecular weight excluding hydrogens is 370 g/mol. The number of hydrogen-bond donors (Lipinski definition) is 0. The van der Waals surface area contributed by atoms with Crippen molar-refractivity contribution in [2.75, 3.05) is 20.8 Å². The van der Waals surface area contributed by atoms with Crippen LogP contribution in [0.2, 0.25) is 5.02 Å². The molecule has 7 nitrogen and oxygen atoms in total. The van der Waals surface area contributed by atoms with Gasteiger partial charge in [-0.1, -0.05) is 11.6 Å². The molecular formula is C19H18ClN3O4. The number of methoxy groups -OCH3 is 2. The van der Waals surface area contributed by atoms with Gasteiger partial charge in [0.05, 0.1) is 32.1 Å². The van der Waals surface area contributed by atoms with Gasteiger partial charge in [0, 0.05) is 30.2 Å². The summed E-state index contributed by atoms with van der Waals surface area (Å²) in [6.07, 6.45) is 6.70. The van der Waals surface area contributed by atoms with Crippen LogP contribution >= 0.6 is 11.6 Å². The number of imidazole rings is 1. The van der Waals surface area contributed by atoms with Gasteiger partial charge in [-0.2, -0.15) is 0 Å². The standard InChI is InChI=1S/C19H18ClN3O4/c1-24-16-4-3-12(8-22-16)15-10-26-14-7-13(9-23-6-5-21-11-23)17(20)19(25-2)18(14)27-15/h3-8,11,15H,9-10H2,1-2H3. The minimum Gasteiger partial charge on any atom is -0.491 e. The van der Waals surface area contributed by atoms with Gasteiger partial charge in [0.25, 0.3) is 0 Å². The van der Waals surface area contributed by atoms with Crippen LogP contribution in [0.1, 0.15) is 17.2 Å². The zero-order valence-corrected chi connectivity index (χ0v) is 15.6. The van der Waals surface area contributed by atoms with Crippen LogP contribution in [0.25, 0.3) is 0 Å². The van der Waals surface area contributed by atoms with E-state index in [9.17, 15) is 0 Å². The summed E-state index contributed by atoms with van der Waals surface area (Å²) in [6.45, 7) is 0.911. The van der Waals surface area contributed by atoms with E-state index in [4.69, 9.17) is 30.5 Å². The lowest BCUT2D eigenvalue weighted by atomic mass is 10.1. The highest BCUT2D eigenvalue weighted by Gasteiger charge is 2.29. The topological polar surface area (TPSA) is 67.6 Å². The average molecular weight is 388 g/mol. The number of rotatable bonds is 5. The average Bonchev–Trinajstić information content (AvgIpc) is 3.22.